The molecule has 0 fully saturated rings. The van der Waals surface area contributed by atoms with E-state index in [2.05, 4.69) is 11.8 Å². The molecule has 138 valence electrons. The van der Waals surface area contributed by atoms with Crippen molar-refractivity contribution in [1.82, 2.24) is 0 Å². The molecule has 0 aliphatic heterocycles. The minimum atomic E-state index is -2.36. The van der Waals surface area contributed by atoms with E-state index in [9.17, 15) is 4.21 Å². The third-order valence-electron chi connectivity index (χ3n) is 3.49. The van der Waals surface area contributed by atoms with Crippen LogP contribution in [0.2, 0.25) is 0 Å². The summed E-state index contributed by atoms with van der Waals surface area (Å²) in [6.07, 6.45) is -0.573. The molecule has 0 saturated carbocycles. The molecular formula is C20H22O5S. The minimum Gasteiger partial charge on any atom is -0.483 e. The maximum atomic E-state index is 10.9. The molecule has 5 nitrogen and oxygen atoms in total. The van der Waals surface area contributed by atoms with Crippen LogP contribution in [0.25, 0.3) is 0 Å². The second-order valence-electron chi connectivity index (χ2n) is 5.43. The van der Waals surface area contributed by atoms with E-state index in [4.69, 9.17) is 18.2 Å². The van der Waals surface area contributed by atoms with Crippen LogP contribution < -0.4 is 4.74 Å². The van der Waals surface area contributed by atoms with Crippen LogP contribution in [0.5, 0.6) is 5.75 Å². The SMILES string of the molecule is CC#CCC(COCC(Oc1ccccc1)c1ccccc1)OS(=O)O. The van der Waals surface area contributed by atoms with Crippen molar-refractivity contribution in [1.29, 1.82) is 0 Å². The molecule has 0 bridgehead atoms. The lowest BCUT2D eigenvalue weighted by atomic mass is 10.1. The van der Waals surface area contributed by atoms with E-state index in [1.807, 2.05) is 60.7 Å². The van der Waals surface area contributed by atoms with Crippen molar-refractivity contribution in [3.63, 3.8) is 0 Å². The Morgan fingerprint density at radius 3 is 2.31 bits per heavy atom. The first-order valence-electron chi connectivity index (χ1n) is 8.21. The topological polar surface area (TPSA) is 65.0 Å². The van der Waals surface area contributed by atoms with Gasteiger partial charge in [-0.05, 0) is 24.6 Å². The number of hydrogen-bond donors (Lipinski definition) is 1. The molecule has 3 unspecified atom stereocenters. The molecule has 0 heterocycles. The molecule has 6 heteroatoms. The molecule has 0 aromatic heterocycles. The average Bonchev–Trinajstić information content (AvgIpc) is 2.66. The summed E-state index contributed by atoms with van der Waals surface area (Å²) in [6.45, 7) is 2.12. The Hall–Kier alpha value is -2.17. The van der Waals surface area contributed by atoms with E-state index in [1.165, 1.54) is 0 Å². The Labute approximate surface area is 156 Å². The number of rotatable bonds is 10. The summed E-state index contributed by atoms with van der Waals surface area (Å²) in [7, 11) is 0. The van der Waals surface area contributed by atoms with Gasteiger partial charge < -0.3 is 9.47 Å². The van der Waals surface area contributed by atoms with Gasteiger partial charge in [0.1, 0.15) is 18.0 Å². The Bertz CT molecular complexity index is 724. The van der Waals surface area contributed by atoms with Crippen LogP contribution in [0.3, 0.4) is 0 Å². The van der Waals surface area contributed by atoms with Crippen LogP contribution in [-0.2, 0) is 20.3 Å². The maximum absolute atomic E-state index is 10.9. The Balaban J connectivity index is 1.99. The monoisotopic (exact) mass is 374 g/mol. The molecule has 0 saturated heterocycles. The van der Waals surface area contributed by atoms with Crippen molar-refractivity contribution in [2.24, 2.45) is 0 Å². The lowest BCUT2D eigenvalue weighted by Gasteiger charge is -2.21. The molecule has 2 rings (SSSR count). The van der Waals surface area contributed by atoms with Gasteiger partial charge in [0.2, 0.25) is 0 Å². The molecule has 0 radical (unpaired) electrons. The average molecular weight is 374 g/mol. The Morgan fingerprint density at radius 2 is 1.69 bits per heavy atom. The second kappa shape index (κ2) is 11.4. The first-order valence-corrected chi connectivity index (χ1v) is 9.24. The summed E-state index contributed by atoms with van der Waals surface area (Å²) in [6, 6.07) is 19.3. The van der Waals surface area contributed by atoms with Crippen LogP contribution in [-0.4, -0.2) is 28.1 Å². The van der Waals surface area contributed by atoms with Crippen LogP contribution in [0.1, 0.15) is 25.0 Å². The van der Waals surface area contributed by atoms with E-state index >= 15 is 0 Å². The second-order valence-corrected chi connectivity index (χ2v) is 6.06. The van der Waals surface area contributed by atoms with Crippen molar-refractivity contribution in [3.8, 4) is 17.6 Å². The highest BCUT2D eigenvalue weighted by molar-refractivity contribution is 7.74. The van der Waals surface area contributed by atoms with E-state index in [0.717, 1.165) is 11.3 Å². The molecule has 2 aromatic carbocycles. The van der Waals surface area contributed by atoms with Gasteiger partial charge in [0.25, 0.3) is 0 Å². The first kappa shape index (κ1) is 20.1. The lowest BCUT2D eigenvalue weighted by molar-refractivity contribution is 0.0103. The minimum absolute atomic E-state index is 0.141. The third kappa shape index (κ3) is 7.38. The predicted octanol–water partition coefficient (Wildman–Crippen LogP) is 3.76. The van der Waals surface area contributed by atoms with Crippen molar-refractivity contribution in [2.45, 2.75) is 25.6 Å². The van der Waals surface area contributed by atoms with Gasteiger partial charge in [-0.15, -0.1) is 11.8 Å². The zero-order valence-electron chi connectivity index (χ0n) is 14.5. The molecule has 26 heavy (non-hydrogen) atoms. The van der Waals surface area contributed by atoms with Gasteiger partial charge >= 0.3 is 11.4 Å². The Kier molecular flexibility index (Phi) is 8.87. The van der Waals surface area contributed by atoms with Gasteiger partial charge in [-0.2, -0.15) is 4.21 Å². The summed E-state index contributed by atoms with van der Waals surface area (Å²) in [5.41, 5.74) is 0.980. The van der Waals surface area contributed by atoms with E-state index < -0.39 is 17.5 Å². The number of para-hydroxylation sites is 1. The normalized spacial score (nSPS) is 13.9. The van der Waals surface area contributed by atoms with Crippen molar-refractivity contribution < 1.29 is 22.4 Å². The molecule has 0 spiro atoms. The molecule has 3 atom stereocenters. The summed E-state index contributed by atoms with van der Waals surface area (Å²) in [5, 5.41) is 0. The van der Waals surface area contributed by atoms with Crippen LogP contribution in [0.4, 0.5) is 0 Å². The maximum Gasteiger partial charge on any atom is 0.302 e. The molecule has 0 aliphatic carbocycles. The standard InChI is InChI=1S/C20H22O5S/c1-2-3-12-19(25-26(21)22)15-23-16-20(17-10-6-4-7-11-17)24-18-13-8-5-9-14-18/h4-11,13-14,19-20H,12,15-16H2,1H3,(H,21,22). The molecule has 0 amide bonds. The van der Waals surface area contributed by atoms with Gasteiger partial charge in [-0.3, -0.25) is 8.74 Å². The van der Waals surface area contributed by atoms with Gasteiger partial charge in [0.05, 0.1) is 13.2 Å². The van der Waals surface area contributed by atoms with Crippen LogP contribution in [0, 0.1) is 11.8 Å². The van der Waals surface area contributed by atoms with Crippen LogP contribution in [0.15, 0.2) is 60.7 Å². The zero-order valence-corrected chi connectivity index (χ0v) is 15.4. The third-order valence-corrected chi connectivity index (χ3v) is 3.93. The number of benzene rings is 2. The highest BCUT2D eigenvalue weighted by Crippen LogP contribution is 2.22. The van der Waals surface area contributed by atoms with E-state index in [0.29, 0.717) is 6.42 Å². The number of hydrogen-bond acceptors (Lipinski definition) is 4. The van der Waals surface area contributed by atoms with E-state index in [1.54, 1.807) is 6.92 Å². The molecular weight excluding hydrogens is 352 g/mol. The fraction of sp³-hybridized carbons (Fsp3) is 0.300. The fourth-order valence-corrected chi connectivity index (χ4v) is 2.65. The summed E-state index contributed by atoms with van der Waals surface area (Å²) >= 11 is -2.36. The Morgan fingerprint density at radius 1 is 1.04 bits per heavy atom. The summed E-state index contributed by atoms with van der Waals surface area (Å²) in [5.74, 6) is 6.31. The predicted molar refractivity (Wildman–Crippen MR) is 101 cm³/mol. The fourth-order valence-electron chi connectivity index (χ4n) is 2.29. The quantitative estimate of drug-likeness (QED) is 0.507. The molecule has 2 aromatic rings. The zero-order chi connectivity index (χ0) is 18.6. The van der Waals surface area contributed by atoms with Gasteiger partial charge in [0, 0.05) is 6.42 Å². The highest BCUT2D eigenvalue weighted by atomic mass is 32.2. The summed E-state index contributed by atoms with van der Waals surface area (Å²) in [4.78, 5) is 0. The van der Waals surface area contributed by atoms with Gasteiger partial charge in [0.15, 0.2) is 0 Å². The largest absolute Gasteiger partial charge is 0.483 e. The first-order chi connectivity index (χ1) is 12.7. The van der Waals surface area contributed by atoms with Crippen molar-refractivity contribution in [3.05, 3.63) is 66.2 Å². The number of ether oxygens (including phenoxy) is 2. The lowest BCUT2D eigenvalue weighted by Crippen LogP contribution is -2.23. The molecule has 1 N–H and O–H groups in total. The smallest absolute Gasteiger partial charge is 0.302 e. The van der Waals surface area contributed by atoms with Crippen LogP contribution >= 0.6 is 0 Å². The molecule has 0 aliphatic rings. The van der Waals surface area contributed by atoms with Crippen molar-refractivity contribution >= 4 is 11.4 Å². The highest BCUT2D eigenvalue weighted by Gasteiger charge is 2.17. The van der Waals surface area contributed by atoms with E-state index in [-0.39, 0.29) is 19.3 Å². The van der Waals surface area contributed by atoms with Gasteiger partial charge in [-0.1, -0.05) is 48.5 Å². The van der Waals surface area contributed by atoms with Gasteiger partial charge in [-0.25, -0.2) is 0 Å². The summed E-state index contributed by atoms with van der Waals surface area (Å²) < 4.78 is 36.5. The van der Waals surface area contributed by atoms with Crippen molar-refractivity contribution in [2.75, 3.05) is 13.2 Å².